The van der Waals surface area contributed by atoms with E-state index in [1.165, 1.54) is 23.5 Å². The van der Waals surface area contributed by atoms with Gasteiger partial charge < -0.3 is 9.84 Å². The van der Waals surface area contributed by atoms with Crippen LogP contribution in [-0.2, 0) is 14.8 Å². The normalized spacial score (nSPS) is 20.2. The van der Waals surface area contributed by atoms with Crippen LogP contribution in [0, 0.1) is 12.8 Å². The molecule has 0 amide bonds. The minimum atomic E-state index is -3.73. The van der Waals surface area contributed by atoms with Gasteiger partial charge in [0.25, 0.3) is 0 Å². The molecule has 8 heteroatoms. The zero-order chi connectivity index (χ0) is 15.6. The van der Waals surface area contributed by atoms with Gasteiger partial charge in [0.1, 0.15) is 4.90 Å². The predicted octanol–water partition coefficient (Wildman–Crippen LogP) is 0.884. The van der Waals surface area contributed by atoms with Crippen molar-refractivity contribution in [2.24, 2.45) is 5.92 Å². The first-order valence-corrected chi connectivity index (χ1v) is 8.05. The van der Waals surface area contributed by atoms with E-state index >= 15 is 0 Å². The molecule has 0 radical (unpaired) electrons. The number of aromatic nitrogens is 1. The summed E-state index contributed by atoms with van der Waals surface area (Å²) in [6.07, 6.45) is 1.04. The summed E-state index contributed by atoms with van der Waals surface area (Å²) < 4.78 is 31.4. The number of aliphatic carboxylic acids is 1. The number of carbonyl (C=O) groups is 1. The van der Waals surface area contributed by atoms with Crippen LogP contribution in [0.1, 0.15) is 18.5 Å². The molecule has 1 fully saturated rings. The molecule has 1 aromatic heterocycles. The molecule has 21 heavy (non-hydrogen) atoms. The molecule has 1 atom stereocenters. The van der Waals surface area contributed by atoms with E-state index in [2.05, 4.69) is 4.98 Å². The Morgan fingerprint density at radius 3 is 2.76 bits per heavy atom. The Labute approximate surface area is 123 Å². The number of rotatable bonds is 4. The van der Waals surface area contributed by atoms with E-state index in [-0.39, 0.29) is 11.4 Å². The van der Waals surface area contributed by atoms with Gasteiger partial charge in [-0.05, 0) is 25.8 Å². The van der Waals surface area contributed by atoms with Crippen LogP contribution in [-0.4, -0.2) is 49.0 Å². The molecule has 2 rings (SSSR count). The van der Waals surface area contributed by atoms with Crippen molar-refractivity contribution in [3.63, 3.8) is 0 Å². The highest BCUT2D eigenvalue weighted by molar-refractivity contribution is 7.89. The van der Waals surface area contributed by atoms with Crippen molar-refractivity contribution in [1.29, 1.82) is 0 Å². The fraction of sp³-hybridized carbons (Fsp3) is 0.538. The summed E-state index contributed by atoms with van der Waals surface area (Å²) in [5, 5.41) is 9.06. The summed E-state index contributed by atoms with van der Waals surface area (Å²) in [5.74, 6) is -1.27. The predicted molar refractivity (Wildman–Crippen MR) is 74.6 cm³/mol. The SMILES string of the molecule is COc1ccc(S(=O)(=O)N2CCC[C@@H](C(=O)O)C2)c(C)n1. The fourth-order valence-corrected chi connectivity index (χ4v) is 4.10. The number of methoxy groups -OCH3 is 1. The maximum absolute atomic E-state index is 12.6. The van der Waals surface area contributed by atoms with Crippen LogP contribution in [0.5, 0.6) is 5.88 Å². The van der Waals surface area contributed by atoms with Gasteiger partial charge in [-0.1, -0.05) is 0 Å². The smallest absolute Gasteiger partial charge is 0.307 e. The molecule has 0 unspecified atom stereocenters. The molecule has 116 valence electrons. The van der Waals surface area contributed by atoms with Crippen molar-refractivity contribution < 1.29 is 23.1 Å². The molecule has 2 heterocycles. The molecular formula is C13H18N2O5S. The maximum Gasteiger partial charge on any atom is 0.307 e. The number of piperidine rings is 1. The number of ether oxygens (including phenoxy) is 1. The Kier molecular flexibility index (Phi) is 4.48. The second-order valence-electron chi connectivity index (χ2n) is 4.98. The molecule has 0 bridgehead atoms. The summed E-state index contributed by atoms with van der Waals surface area (Å²) in [6, 6.07) is 2.93. The number of sulfonamides is 1. The quantitative estimate of drug-likeness (QED) is 0.886. The number of nitrogens with zero attached hydrogens (tertiary/aromatic N) is 2. The third-order valence-corrected chi connectivity index (χ3v) is 5.57. The third kappa shape index (κ3) is 3.16. The molecule has 7 nitrogen and oxygen atoms in total. The average Bonchev–Trinajstić information content (AvgIpc) is 2.46. The summed E-state index contributed by atoms with van der Waals surface area (Å²) in [7, 11) is -2.28. The van der Waals surface area contributed by atoms with E-state index in [4.69, 9.17) is 9.84 Å². The van der Waals surface area contributed by atoms with Crippen LogP contribution in [0.3, 0.4) is 0 Å². The Hall–Kier alpha value is -1.67. The van der Waals surface area contributed by atoms with Crippen LogP contribution >= 0.6 is 0 Å². The first-order valence-electron chi connectivity index (χ1n) is 6.61. The van der Waals surface area contributed by atoms with Crippen LogP contribution in [0.25, 0.3) is 0 Å². The molecule has 1 aliphatic rings. The van der Waals surface area contributed by atoms with E-state index in [1.54, 1.807) is 6.92 Å². The second-order valence-corrected chi connectivity index (χ2v) is 6.88. The van der Waals surface area contributed by atoms with Gasteiger partial charge in [-0.25, -0.2) is 13.4 Å². The molecule has 0 spiro atoms. The number of aryl methyl sites for hydroxylation is 1. The number of pyridine rings is 1. The molecule has 0 aromatic carbocycles. The molecule has 1 aliphatic heterocycles. The van der Waals surface area contributed by atoms with Crippen molar-refractivity contribution in [3.8, 4) is 5.88 Å². The Morgan fingerprint density at radius 1 is 1.48 bits per heavy atom. The molecule has 0 saturated carbocycles. The lowest BCUT2D eigenvalue weighted by Gasteiger charge is -2.30. The van der Waals surface area contributed by atoms with E-state index in [0.29, 0.717) is 31.0 Å². The number of hydrogen-bond donors (Lipinski definition) is 1. The van der Waals surface area contributed by atoms with E-state index in [1.807, 2.05) is 0 Å². The zero-order valence-electron chi connectivity index (χ0n) is 11.9. The third-order valence-electron chi connectivity index (χ3n) is 3.57. The molecule has 1 aromatic rings. The van der Waals surface area contributed by atoms with E-state index < -0.39 is 21.9 Å². The van der Waals surface area contributed by atoms with E-state index in [0.717, 1.165) is 0 Å². The Balaban J connectivity index is 2.31. The molecule has 1 N–H and O–H groups in total. The summed E-state index contributed by atoms with van der Waals surface area (Å²) >= 11 is 0. The van der Waals surface area contributed by atoms with Gasteiger partial charge >= 0.3 is 5.97 Å². The lowest BCUT2D eigenvalue weighted by molar-refractivity contribution is -0.142. The highest BCUT2D eigenvalue weighted by atomic mass is 32.2. The summed E-state index contributed by atoms with van der Waals surface area (Å²) in [5.41, 5.74) is 0.340. The van der Waals surface area contributed by atoms with Crippen molar-refractivity contribution in [1.82, 2.24) is 9.29 Å². The van der Waals surface area contributed by atoms with Crippen molar-refractivity contribution >= 4 is 16.0 Å². The Morgan fingerprint density at radius 2 is 2.19 bits per heavy atom. The number of hydrogen-bond acceptors (Lipinski definition) is 5. The minimum Gasteiger partial charge on any atom is -0.481 e. The van der Waals surface area contributed by atoms with Crippen molar-refractivity contribution in [3.05, 3.63) is 17.8 Å². The van der Waals surface area contributed by atoms with Crippen LogP contribution in [0.2, 0.25) is 0 Å². The lowest BCUT2D eigenvalue weighted by atomic mass is 10.0. The van der Waals surface area contributed by atoms with Gasteiger partial charge in [-0.3, -0.25) is 4.79 Å². The van der Waals surface area contributed by atoms with Gasteiger partial charge in [0.2, 0.25) is 15.9 Å². The van der Waals surface area contributed by atoms with Crippen LogP contribution in [0.4, 0.5) is 0 Å². The highest BCUT2D eigenvalue weighted by Gasteiger charge is 2.34. The highest BCUT2D eigenvalue weighted by Crippen LogP contribution is 2.26. The minimum absolute atomic E-state index is 0.00311. The zero-order valence-corrected chi connectivity index (χ0v) is 12.8. The second kappa shape index (κ2) is 5.98. The number of carboxylic acid groups (broad SMARTS) is 1. The number of carboxylic acids is 1. The van der Waals surface area contributed by atoms with Gasteiger partial charge in [0.05, 0.1) is 18.7 Å². The molecule has 1 saturated heterocycles. The largest absolute Gasteiger partial charge is 0.481 e. The molecular weight excluding hydrogens is 296 g/mol. The summed E-state index contributed by atoms with van der Waals surface area (Å²) in [4.78, 5) is 15.2. The maximum atomic E-state index is 12.6. The van der Waals surface area contributed by atoms with Crippen LogP contribution < -0.4 is 4.74 Å². The lowest BCUT2D eigenvalue weighted by Crippen LogP contribution is -2.42. The standard InChI is InChI=1S/C13H18N2O5S/c1-9-11(5-6-12(14-9)20-2)21(18,19)15-7-3-4-10(8-15)13(16)17/h5-6,10H,3-4,7-8H2,1-2H3,(H,16,17)/t10-/m1/s1. The van der Waals surface area contributed by atoms with Gasteiger partial charge in [0, 0.05) is 19.2 Å². The Bertz CT molecular complexity index is 644. The average molecular weight is 314 g/mol. The monoisotopic (exact) mass is 314 g/mol. The fourth-order valence-electron chi connectivity index (χ4n) is 2.41. The van der Waals surface area contributed by atoms with Crippen molar-refractivity contribution in [2.45, 2.75) is 24.7 Å². The summed E-state index contributed by atoms with van der Waals surface area (Å²) in [6.45, 7) is 1.93. The first-order chi connectivity index (χ1) is 9.86. The van der Waals surface area contributed by atoms with Gasteiger partial charge in [0.15, 0.2) is 0 Å². The van der Waals surface area contributed by atoms with Gasteiger partial charge in [-0.15, -0.1) is 0 Å². The van der Waals surface area contributed by atoms with Crippen LogP contribution in [0.15, 0.2) is 17.0 Å². The molecule has 0 aliphatic carbocycles. The van der Waals surface area contributed by atoms with Crippen molar-refractivity contribution in [2.75, 3.05) is 20.2 Å². The van der Waals surface area contributed by atoms with E-state index in [9.17, 15) is 13.2 Å². The topological polar surface area (TPSA) is 96.8 Å². The van der Waals surface area contributed by atoms with Gasteiger partial charge in [-0.2, -0.15) is 4.31 Å². The first kappa shape index (κ1) is 15.7.